The molecule has 3 nitrogen and oxygen atoms in total. The number of benzene rings is 1. The molecule has 1 heterocycles. The van der Waals surface area contributed by atoms with Crippen LogP contribution >= 0.6 is 0 Å². The van der Waals surface area contributed by atoms with Gasteiger partial charge < -0.3 is 10.5 Å². The molecule has 0 spiro atoms. The predicted molar refractivity (Wildman–Crippen MR) is 64.4 cm³/mol. The van der Waals surface area contributed by atoms with E-state index in [0.717, 1.165) is 29.2 Å². The Kier molecular flexibility index (Phi) is 2.17. The minimum absolute atomic E-state index is 0.703. The summed E-state index contributed by atoms with van der Waals surface area (Å²) in [5.74, 6) is 1.65. The summed E-state index contributed by atoms with van der Waals surface area (Å²) in [5.41, 5.74) is 7.41. The second-order valence-corrected chi connectivity index (χ2v) is 4.31. The molecular weight excluding hydrogens is 200 g/mol. The Morgan fingerprint density at radius 1 is 1.31 bits per heavy atom. The van der Waals surface area contributed by atoms with E-state index in [1.807, 2.05) is 24.3 Å². The maximum absolute atomic E-state index is 5.88. The van der Waals surface area contributed by atoms with Gasteiger partial charge in [-0.15, -0.1) is 0 Å². The average molecular weight is 214 g/mol. The van der Waals surface area contributed by atoms with Gasteiger partial charge >= 0.3 is 0 Å². The van der Waals surface area contributed by atoms with Crippen LogP contribution in [-0.4, -0.2) is 11.6 Å². The van der Waals surface area contributed by atoms with Crippen molar-refractivity contribution >= 4 is 16.6 Å². The van der Waals surface area contributed by atoms with Crippen LogP contribution in [0, 0.1) is 5.92 Å². The van der Waals surface area contributed by atoms with E-state index in [-0.39, 0.29) is 0 Å². The molecule has 16 heavy (non-hydrogen) atoms. The largest absolute Gasteiger partial charge is 0.493 e. The summed E-state index contributed by atoms with van der Waals surface area (Å²) < 4.78 is 5.80. The summed E-state index contributed by atoms with van der Waals surface area (Å²) in [7, 11) is 0. The van der Waals surface area contributed by atoms with E-state index in [4.69, 9.17) is 10.5 Å². The average Bonchev–Trinajstić information content (AvgIpc) is 3.11. The third-order valence-electron chi connectivity index (χ3n) is 2.93. The van der Waals surface area contributed by atoms with Gasteiger partial charge in [0, 0.05) is 11.6 Å². The number of nitrogens with two attached hydrogens (primary N) is 1. The molecule has 3 rings (SSSR count). The summed E-state index contributed by atoms with van der Waals surface area (Å²) >= 11 is 0. The molecule has 0 bridgehead atoms. The quantitative estimate of drug-likeness (QED) is 0.799. The normalized spacial score (nSPS) is 15.2. The summed E-state index contributed by atoms with van der Waals surface area (Å²) in [6, 6.07) is 7.70. The Labute approximate surface area is 94.2 Å². The lowest BCUT2D eigenvalue weighted by Gasteiger charge is -2.09. The van der Waals surface area contributed by atoms with Crippen LogP contribution in [0.1, 0.15) is 12.8 Å². The van der Waals surface area contributed by atoms with Crippen molar-refractivity contribution < 1.29 is 4.74 Å². The highest BCUT2D eigenvalue weighted by molar-refractivity contribution is 5.93. The van der Waals surface area contributed by atoms with Gasteiger partial charge in [-0.1, -0.05) is 6.07 Å². The number of nitrogens with zero attached hydrogens (tertiary/aromatic N) is 1. The number of hydrogen-bond acceptors (Lipinski definition) is 3. The van der Waals surface area contributed by atoms with Crippen molar-refractivity contribution in [3.05, 3.63) is 30.5 Å². The van der Waals surface area contributed by atoms with Gasteiger partial charge in [0.15, 0.2) is 0 Å². The lowest BCUT2D eigenvalue weighted by atomic mass is 10.2. The van der Waals surface area contributed by atoms with Gasteiger partial charge in [0.1, 0.15) is 5.75 Å². The number of hydrogen-bond donors (Lipinski definition) is 1. The molecule has 0 unspecified atom stereocenters. The minimum atomic E-state index is 0.703. The molecule has 1 aromatic heterocycles. The van der Waals surface area contributed by atoms with Gasteiger partial charge in [0.25, 0.3) is 0 Å². The summed E-state index contributed by atoms with van der Waals surface area (Å²) in [5, 5.41) is 1.00. The zero-order chi connectivity index (χ0) is 11.0. The predicted octanol–water partition coefficient (Wildman–Crippen LogP) is 2.61. The molecule has 1 saturated carbocycles. The minimum Gasteiger partial charge on any atom is -0.493 e. The van der Waals surface area contributed by atoms with Crippen LogP contribution in [0.2, 0.25) is 0 Å². The SMILES string of the molecule is Nc1cccc2c(OCC3CC3)ccnc12. The van der Waals surface area contributed by atoms with Crippen LogP contribution < -0.4 is 10.5 Å². The number of nitrogen functional groups attached to an aromatic ring is 1. The molecule has 0 amide bonds. The van der Waals surface area contributed by atoms with Crippen molar-refractivity contribution in [3.63, 3.8) is 0 Å². The first-order valence-corrected chi connectivity index (χ1v) is 5.60. The smallest absolute Gasteiger partial charge is 0.130 e. The molecule has 0 atom stereocenters. The molecule has 0 aliphatic heterocycles. The van der Waals surface area contributed by atoms with Crippen molar-refractivity contribution in [1.29, 1.82) is 0 Å². The summed E-state index contributed by atoms with van der Waals surface area (Å²) in [6.45, 7) is 0.813. The monoisotopic (exact) mass is 214 g/mol. The van der Waals surface area contributed by atoms with Crippen molar-refractivity contribution in [2.75, 3.05) is 12.3 Å². The first-order valence-electron chi connectivity index (χ1n) is 5.60. The molecule has 3 heteroatoms. The fourth-order valence-electron chi connectivity index (χ4n) is 1.79. The maximum atomic E-state index is 5.88. The Balaban J connectivity index is 1.99. The number of rotatable bonds is 3. The van der Waals surface area contributed by atoms with Crippen molar-refractivity contribution in [2.45, 2.75) is 12.8 Å². The fraction of sp³-hybridized carbons (Fsp3) is 0.308. The molecule has 0 saturated heterocycles. The Bertz CT molecular complexity index is 520. The zero-order valence-corrected chi connectivity index (χ0v) is 9.02. The molecule has 0 radical (unpaired) electrons. The molecule has 2 aromatic rings. The van der Waals surface area contributed by atoms with E-state index in [1.165, 1.54) is 12.8 Å². The second kappa shape index (κ2) is 3.67. The number of aromatic nitrogens is 1. The molecule has 1 aromatic carbocycles. The Morgan fingerprint density at radius 2 is 2.19 bits per heavy atom. The number of para-hydroxylation sites is 1. The molecule has 82 valence electrons. The van der Waals surface area contributed by atoms with Crippen LogP contribution in [0.5, 0.6) is 5.75 Å². The van der Waals surface area contributed by atoms with Gasteiger partial charge in [-0.3, -0.25) is 4.98 Å². The van der Waals surface area contributed by atoms with E-state index in [0.29, 0.717) is 5.69 Å². The van der Waals surface area contributed by atoms with E-state index >= 15 is 0 Å². The highest BCUT2D eigenvalue weighted by atomic mass is 16.5. The molecule has 2 N–H and O–H groups in total. The number of fused-ring (bicyclic) bond motifs is 1. The first kappa shape index (κ1) is 9.46. The van der Waals surface area contributed by atoms with Gasteiger partial charge in [-0.2, -0.15) is 0 Å². The first-order chi connectivity index (χ1) is 7.84. The summed E-state index contributed by atoms with van der Waals surface area (Å²) in [4.78, 5) is 4.28. The molecular formula is C13H14N2O. The zero-order valence-electron chi connectivity index (χ0n) is 9.02. The maximum Gasteiger partial charge on any atom is 0.130 e. The molecule has 1 fully saturated rings. The van der Waals surface area contributed by atoms with Crippen molar-refractivity contribution in [2.24, 2.45) is 5.92 Å². The Morgan fingerprint density at radius 3 is 3.00 bits per heavy atom. The lowest BCUT2D eigenvalue weighted by Crippen LogP contribution is -2.00. The van der Waals surface area contributed by atoms with Gasteiger partial charge in [0.2, 0.25) is 0 Å². The highest BCUT2D eigenvalue weighted by Crippen LogP contribution is 2.32. The summed E-state index contributed by atoms with van der Waals surface area (Å²) in [6.07, 6.45) is 4.34. The van der Waals surface area contributed by atoms with Crippen LogP contribution in [0.15, 0.2) is 30.5 Å². The van der Waals surface area contributed by atoms with E-state index < -0.39 is 0 Å². The number of ether oxygens (including phenoxy) is 1. The van der Waals surface area contributed by atoms with Gasteiger partial charge in [0.05, 0.1) is 17.8 Å². The van der Waals surface area contributed by atoms with Gasteiger partial charge in [-0.05, 0) is 37.0 Å². The third kappa shape index (κ3) is 1.69. The molecule has 1 aliphatic rings. The van der Waals surface area contributed by atoms with Crippen molar-refractivity contribution in [3.8, 4) is 5.75 Å². The van der Waals surface area contributed by atoms with Crippen LogP contribution in [0.4, 0.5) is 5.69 Å². The Hall–Kier alpha value is -1.77. The van der Waals surface area contributed by atoms with E-state index in [2.05, 4.69) is 4.98 Å². The molecule has 1 aliphatic carbocycles. The van der Waals surface area contributed by atoms with E-state index in [9.17, 15) is 0 Å². The number of pyridine rings is 1. The fourth-order valence-corrected chi connectivity index (χ4v) is 1.79. The van der Waals surface area contributed by atoms with Crippen LogP contribution in [0.3, 0.4) is 0 Å². The second-order valence-electron chi connectivity index (χ2n) is 4.31. The standard InChI is InChI=1S/C13H14N2O/c14-11-3-1-2-10-12(6-7-15-13(10)11)16-8-9-4-5-9/h1-3,6-7,9H,4-5,8,14H2. The van der Waals surface area contributed by atoms with Crippen LogP contribution in [0.25, 0.3) is 10.9 Å². The van der Waals surface area contributed by atoms with E-state index in [1.54, 1.807) is 6.20 Å². The van der Waals surface area contributed by atoms with Gasteiger partial charge in [-0.25, -0.2) is 0 Å². The van der Waals surface area contributed by atoms with Crippen LogP contribution in [-0.2, 0) is 0 Å². The topological polar surface area (TPSA) is 48.1 Å². The highest BCUT2D eigenvalue weighted by Gasteiger charge is 2.22. The van der Waals surface area contributed by atoms with Crippen molar-refractivity contribution in [1.82, 2.24) is 4.98 Å². The lowest BCUT2D eigenvalue weighted by molar-refractivity contribution is 0.303. The number of anilines is 1. The third-order valence-corrected chi connectivity index (χ3v) is 2.93.